The standard InChI is InChI=1S/C9H16O2/c1-8(2)9(11-8)6-4-3-5-7(9)10/h7,10H,3-6H2,1-2H3. The molecule has 2 rings (SSSR count). The topological polar surface area (TPSA) is 32.8 Å². The Kier molecular flexibility index (Phi) is 1.37. The van der Waals surface area contributed by atoms with Gasteiger partial charge in [-0.3, -0.25) is 0 Å². The molecule has 1 saturated heterocycles. The Morgan fingerprint density at radius 2 is 2.00 bits per heavy atom. The summed E-state index contributed by atoms with van der Waals surface area (Å²) in [5.74, 6) is 0. The number of epoxide rings is 1. The lowest BCUT2D eigenvalue weighted by Crippen LogP contribution is -2.38. The van der Waals surface area contributed by atoms with Gasteiger partial charge in [0.2, 0.25) is 0 Å². The van der Waals surface area contributed by atoms with Gasteiger partial charge in [-0.15, -0.1) is 0 Å². The molecule has 2 heteroatoms. The smallest absolute Gasteiger partial charge is 0.123 e. The third-order valence-corrected chi connectivity index (χ3v) is 3.23. The maximum Gasteiger partial charge on any atom is 0.123 e. The Labute approximate surface area is 67.6 Å². The summed E-state index contributed by atoms with van der Waals surface area (Å²) in [6.07, 6.45) is 4.11. The van der Waals surface area contributed by atoms with E-state index in [0.717, 1.165) is 19.3 Å². The van der Waals surface area contributed by atoms with Crippen LogP contribution in [-0.2, 0) is 4.74 Å². The minimum absolute atomic E-state index is 0.0627. The summed E-state index contributed by atoms with van der Waals surface area (Å²) in [6, 6.07) is 0. The molecule has 1 spiro atoms. The van der Waals surface area contributed by atoms with E-state index in [1.165, 1.54) is 6.42 Å². The molecular formula is C9H16O2. The van der Waals surface area contributed by atoms with Crippen LogP contribution in [0.5, 0.6) is 0 Å². The van der Waals surface area contributed by atoms with E-state index in [2.05, 4.69) is 13.8 Å². The maximum absolute atomic E-state index is 9.71. The van der Waals surface area contributed by atoms with Gasteiger partial charge < -0.3 is 9.84 Å². The van der Waals surface area contributed by atoms with Crippen LogP contribution in [0, 0.1) is 0 Å². The van der Waals surface area contributed by atoms with Gasteiger partial charge in [0.1, 0.15) is 5.60 Å². The Balaban J connectivity index is 2.13. The largest absolute Gasteiger partial charge is 0.390 e. The Bertz CT molecular complexity index is 176. The molecule has 64 valence electrons. The summed E-state index contributed by atoms with van der Waals surface area (Å²) >= 11 is 0. The minimum atomic E-state index is -0.216. The van der Waals surface area contributed by atoms with Crippen LogP contribution >= 0.6 is 0 Å². The van der Waals surface area contributed by atoms with Gasteiger partial charge in [0, 0.05) is 0 Å². The Hall–Kier alpha value is -0.0800. The molecule has 1 aliphatic carbocycles. The Morgan fingerprint density at radius 1 is 1.36 bits per heavy atom. The second-order valence-electron chi connectivity index (χ2n) is 4.26. The first-order valence-corrected chi connectivity index (χ1v) is 4.47. The third kappa shape index (κ3) is 0.859. The molecule has 0 radical (unpaired) electrons. The molecule has 1 aliphatic heterocycles. The maximum atomic E-state index is 9.71. The highest BCUT2D eigenvalue weighted by Crippen LogP contribution is 2.55. The summed E-state index contributed by atoms with van der Waals surface area (Å²) in [7, 11) is 0. The predicted octanol–water partition coefficient (Wildman–Crippen LogP) is 1.47. The van der Waals surface area contributed by atoms with E-state index in [1.54, 1.807) is 0 Å². The van der Waals surface area contributed by atoms with Crippen molar-refractivity contribution in [3.8, 4) is 0 Å². The number of ether oxygens (including phenoxy) is 1. The molecule has 0 aromatic rings. The summed E-state index contributed by atoms with van der Waals surface area (Å²) in [4.78, 5) is 0. The summed E-state index contributed by atoms with van der Waals surface area (Å²) in [6.45, 7) is 4.14. The average Bonchev–Trinajstić information content (AvgIpc) is 2.45. The first-order valence-electron chi connectivity index (χ1n) is 4.47. The predicted molar refractivity (Wildman–Crippen MR) is 42.4 cm³/mol. The zero-order valence-corrected chi connectivity index (χ0v) is 7.26. The van der Waals surface area contributed by atoms with Crippen LogP contribution in [-0.4, -0.2) is 22.4 Å². The molecule has 2 aliphatic rings. The molecule has 2 fully saturated rings. The van der Waals surface area contributed by atoms with Gasteiger partial charge >= 0.3 is 0 Å². The van der Waals surface area contributed by atoms with Gasteiger partial charge in [-0.05, 0) is 26.7 Å². The van der Waals surface area contributed by atoms with Crippen LogP contribution in [0.4, 0.5) is 0 Å². The van der Waals surface area contributed by atoms with Gasteiger partial charge in [0.25, 0.3) is 0 Å². The lowest BCUT2D eigenvalue weighted by Gasteiger charge is -2.26. The molecule has 0 aromatic heterocycles. The Morgan fingerprint density at radius 3 is 2.36 bits per heavy atom. The van der Waals surface area contributed by atoms with Crippen molar-refractivity contribution in [2.45, 2.75) is 56.8 Å². The summed E-state index contributed by atoms with van der Waals surface area (Å²) in [5.41, 5.74) is -0.224. The van der Waals surface area contributed by atoms with E-state index in [1.807, 2.05) is 0 Å². The van der Waals surface area contributed by atoms with Crippen molar-refractivity contribution in [1.29, 1.82) is 0 Å². The fraction of sp³-hybridized carbons (Fsp3) is 1.00. The summed E-state index contributed by atoms with van der Waals surface area (Å²) in [5, 5.41) is 9.71. The van der Waals surface area contributed by atoms with Crippen molar-refractivity contribution < 1.29 is 9.84 Å². The van der Waals surface area contributed by atoms with E-state index in [-0.39, 0.29) is 17.3 Å². The van der Waals surface area contributed by atoms with E-state index in [0.29, 0.717) is 0 Å². The van der Waals surface area contributed by atoms with Crippen molar-refractivity contribution in [1.82, 2.24) is 0 Å². The number of aliphatic hydroxyl groups excluding tert-OH is 1. The highest BCUT2D eigenvalue weighted by molar-refractivity contribution is 5.15. The van der Waals surface area contributed by atoms with Crippen molar-refractivity contribution in [2.24, 2.45) is 0 Å². The first kappa shape index (κ1) is 7.56. The van der Waals surface area contributed by atoms with E-state index in [9.17, 15) is 5.11 Å². The quantitative estimate of drug-likeness (QED) is 0.539. The first-order chi connectivity index (χ1) is 5.08. The molecule has 1 heterocycles. The highest BCUT2D eigenvalue weighted by atomic mass is 16.6. The van der Waals surface area contributed by atoms with Gasteiger partial charge in [-0.25, -0.2) is 0 Å². The lowest BCUT2D eigenvalue weighted by molar-refractivity contribution is 0.0407. The second kappa shape index (κ2) is 1.99. The molecule has 0 bridgehead atoms. The SMILES string of the molecule is CC1(C)OC12CCCCC2O. The molecule has 0 aromatic carbocycles. The van der Waals surface area contributed by atoms with Crippen molar-refractivity contribution in [2.75, 3.05) is 0 Å². The number of hydrogen-bond acceptors (Lipinski definition) is 2. The van der Waals surface area contributed by atoms with Crippen molar-refractivity contribution in [3.63, 3.8) is 0 Å². The van der Waals surface area contributed by atoms with Gasteiger partial charge in [-0.1, -0.05) is 12.8 Å². The third-order valence-electron chi connectivity index (χ3n) is 3.23. The monoisotopic (exact) mass is 156 g/mol. The number of rotatable bonds is 0. The number of aliphatic hydroxyl groups is 1. The molecular weight excluding hydrogens is 140 g/mol. The van der Waals surface area contributed by atoms with Crippen molar-refractivity contribution in [3.05, 3.63) is 0 Å². The van der Waals surface area contributed by atoms with Crippen LogP contribution in [0.25, 0.3) is 0 Å². The molecule has 0 amide bonds. The zero-order chi connectivity index (χ0) is 8.11. The van der Waals surface area contributed by atoms with Crippen LogP contribution in [0.3, 0.4) is 0 Å². The minimum Gasteiger partial charge on any atom is -0.390 e. The van der Waals surface area contributed by atoms with Crippen LogP contribution in [0.2, 0.25) is 0 Å². The normalized spacial score (nSPS) is 47.7. The molecule has 1 N–H and O–H groups in total. The van der Waals surface area contributed by atoms with E-state index in [4.69, 9.17) is 4.74 Å². The highest BCUT2D eigenvalue weighted by Gasteiger charge is 2.67. The zero-order valence-electron chi connectivity index (χ0n) is 7.26. The molecule has 2 unspecified atom stereocenters. The molecule has 2 atom stereocenters. The van der Waals surface area contributed by atoms with Gasteiger partial charge in [0.15, 0.2) is 0 Å². The summed E-state index contributed by atoms with van der Waals surface area (Å²) < 4.78 is 5.60. The fourth-order valence-corrected chi connectivity index (χ4v) is 2.38. The van der Waals surface area contributed by atoms with E-state index >= 15 is 0 Å². The van der Waals surface area contributed by atoms with Crippen LogP contribution in [0.15, 0.2) is 0 Å². The van der Waals surface area contributed by atoms with Crippen LogP contribution < -0.4 is 0 Å². The molecule has 2 nitrogen and oxygen atoms in total. The fourth-order valence-electron chi connectivity index (χ4n) is 2.38. The van der Waals surface area contributed by atoms with E-state index < -0.39 is 0 Å². The lowest BCUT2D eigenvalue weighted by atomic mass is 9.79. The van der Waals surface area contributed by atoms with Crippen molar-refractivity contribution >= 4 is 0 Å². The average molecular weight is 156 g/mol. The van der Waals surface area contributed by atoms with Gasteiger partial charge in [-0.2, -0.15) is 0 Å². The molecule has 11 heavy (non-hydrogen) atoms. The number of hydrogen-bond donors (Lipinski definition) is 1. The molecule has 1 saturated carbocycles. The van der Waals surface area contributed by atoms with Gasteiger partial charge in [0.05, 0.1) is 11.7 Å². The van der Waals surface area contributed by atoms with Crippen LogP contribution in [0.1, 0.15) is 39.5 Å². The second-order valence-corrected chi connectivity index (χ2v) is 4.26.